The highest BCUT2D eigenvalue weighted by Crippen LogP contribution is 2.19. The average molecular weight is 294 g/mol. The molecule has 6 heteroatoms. The number of benzene rings is 2. The maximum atomic E-state index is 11.6. The quantitative estimate of drug-likeness (QED) is 0.686. The van der Waals surface area contributed by atoms with Crippen LogP contribution in [0.3, 0.4) is 0 Å². The molecule has 22 heavy (non-hydrogen) atoms. The molecule has 0 aliphatic carbocycles. The van der Waals surface area contributed by atoms with Crippen molar-refractivity contribution in [2.45, 2.75) is 6.92 Å². The maximum absolute atomic E-state index is 11.6. The van der Waals surface area contributed by atoms with E-state index in [2.05, 4.69) is 5.10 Å². The SMILES string of the molecule is CCOC(=O)c1ccc(N2N=Cc3ccccc3B2O)cc1. The zero-order chi connectivity index (χ0) is 15.5. The molecular weight excluding hydrogens is 279 g/mol. The molecule has 0 saturated heterocycles. The molecule has 5 nitrogen and oxygen atoms in total. The predicted octanol–water partition coefficient (Wildman–Crippen LogP) is 1.40. The number of hydrogen-bond acceptors (Lipinski definition) is 5. The van der Waals surface area contributed by atoms with Gasteiger partial charge < -0.3 is 9.76 Å². The molecule has 0 atom stereocenters. The topological polar surface area (TPSA) is 62.1 Å². The van der Waals surface area contributed by atoms with Gasteiger partial charge in [-0.3, -0.25) is 4.92 Å². The molecule has 0 unspecified atom stereocenters. The van der Waals surface area contributed by atoms with Crippen molar-refractivity contribution in [3.63, 3.8) is 0 Å². The molecule has 1 heterocycles. The van der Waals surface area contributed by atoms with Crippen LogP contribution in [0, 0.1) is 0 Å². The van der Waals surface area contributed by atoms with E-state index in [1.54, 1.807) is 37.4 Å². The Morgan fingerprint density at radius 1 is 1.23 bits per heavy atom. The third-order valence-corrected chi connectivity index (χ3v) is 3.47. The van der Waals surface area contributed by atoms with Gasteiger partial charge in [0.2, 0.25) is 0 Å². The Labute approximate surface area is 129 Å². The summed E-state index contributed by atoms with van der Waals surface area (Å²) >= 11 is 0. The summed E-state index contributed by atoms with van der Waals surface area (Å²) in [5, 5.41) is 14.7. The van der Waals surface area contributed by atoms with Crippen molar-refractivity contribution in [3.8, 4) is 0 Å². The van der Waals surface area contributed by atoms with Gasteiger partial charge >= 0.3 is 13.0 Å². The van der Waals surface area contributed by atoms with Gasteiger partial charge in [0.15, 0.2) is 0 Å². The molecule has 3 rings (SSSR count). The summed E-state index contributed by atoms with van der Waals surface area (Å²) in [5.74, 6) is -0.359. The van der Waals surface area contributed by atoms with Crippen LogP contribution in [0.1, 0.15) is 22.8 Å². The first-order valence-electron chi connectivity index (χ1n) is 7.08. The largest absolute Gasteiger partial charge is 0.471 e. The first-order chi connectivity index (χ1) is 10.7. The van der Waals surface area contributed by atoms with Crippen LogP contribution >= 0.6 is 0 Å². The summed E-state index contributed by atoms with van der Waals surface area (Å²) < 4.78 is 4.95. The third-order valence-electron chi connectivity index (χ3n) is 3.47. The van der Waals surface area contributed by atoms with Crippen LogP contribution in [-0.2, 0) is 4.74 Å². The molecule has 1 aliphatic rings. The summed E-state index contributed by atoms with van der Waals surface area (Å²) in [6.45, 7) is 2.11. The van der Waals surface area contributed by atoms with Crippen molar-refractivity contribution >= 4 is 30.4 Å². The lowest BCUT2D eigenvalue weighted by Gasteiger charge is -2.26. The molecule has 1 aliphatic heterocycles. The molecule has 2 aromatic rings. The molecular formula is C16H15BN2O3. The number of carbonyl (C=O) groups is 1. The van der Waals surface area contributed by atoms with Crippen LogP contribution in [0.2, 0.25) is 0 Å². The fourth-order valence-corrected chi connectivity index (χ4v) is 2.36. The zero-order valence-electron chi connectivity index (χ0n) is 12.1. The van der Waals surface area contributed by atoms with E-state index in [1.165, 1.54) is 4.92 Å². The van der Waals surface area contributed by atoms with Crippen molar-refractivity contribution in [1.82, 2.24) is 0 Å². The van der Waals surface area contributed by atoms with E-state index in [0.29, 0.717) is 17.9 Å². The molecule has 0 aromatic heterocycles. The van der Waals surface area contributed by atoms with E-state index in [4.69, 9.17) is 4.74 Å². The number of esters is 1. The van der Waals surface area contributed by atoms with Gasteiger partial charge in [0.05, 0.1) is 18.4 Å². The summed E-state index contributed by atoms with van der Waals surface area (Å²) in [6, 6.07) is 14.4. The molecule has 1 N–H and O–H groups in total. The number of hydrazone groups is 1. The van der Waals surface area contributed by atoms with Gasteiger partial charge in [-0.2, -0.15) is 5.10 Å². The molecule has 0 saturated carbocycles. The third kappa shape index (κ3) is 2.60. The normalized spacial score (nSPS) is 13.0. The first-order valence-corrected chi connectivity index (χ1v) is 7.08. The number of anilines is 1. The van der Waals surface area contributed by atoms with Crippen molar-refractivity contribution in [2.24, 2.45) is 5.10 Å². The van der Waals surface area contributed by atoms with E-state index >= 15 is 0 Å². The molecule has 2 aromatic carbocycles. The van der Waals surface area contributed by atoms with Gasteiger partial charge in [0, 0.05) is 5.69 Å². The average Bonchev–Trinajstić information content (AvgIpc) is 2.56. The van der Waals surface area contributed by atoms with E-state index in [0.717, 1.165) is 11.0 Å². The Bertz CT molecular complexity index is 716. The molecule has 0 fully saturated rings. The number of hydrogen-bond donors (Lipinski definition) is 1. The van der Waals surface area contributed by atoms with Gasteiger partial charge in [-0.05, 0) is 42.2 Å². The fourth-order valence-electron chi connectivity index (χ4n) is 2.36. The standard InChI is InChI=1S/C16H15BN2O3/c1-2-22-16(20)12-7-9-14(10-8-12)19-17(21)15-6-4-3-5-13(15)11-18-19/h3-11,21H,2H2,1H3. The van der Waals surface area contributed by atoms with Crippen LogP contribution in [0.15, 0.2) is 53.6 Å². The molecule has 0 radical (unpaired) electrons. The fraction of sp³-hybridized carbons (Fsp3) is 0.125. The minimum absolute atomic E-state index is 0.340. The maximum Gasteiger partial charge on any atom is 0.471 e. The van der Waals surface area contributed by atoms with Crippen LogP contribution in [0.25, 0.3) is 0 Å². The number of nitrogens with zero attached hydrogens (tertiary/aromatic N) is 2. The highest BCUT2D eigenvalue weighted by molar-refractivity contribution is 6.71. The molecule has 0 amide bonds. The summed E-state index contributed by atoms with van der Waals surface area (Å²) in [6.07, 6.45) is 1.71. The Morgan fingerprint density at radius 3 is 2.68 bits per heavy atom. The Morgan fingerprint density at radius 2 is 1.95 bits per heavy atom. The smallest absolute Gasteiger partial charge is 0.462 e. The second kappa shape index (κ2) is 6.03. The highest BCUT2D eigenvalue weighted by Gasteiger charge is 2.29. The Balaban J connectivity index is 1.85. The van der Waals surface area contributed by atoms with Gasteiger partial charge in [-0.1, -0.05) is 24.3 Å². The first kappa shape index (κ1) is 14.3. The monoisotopic (exact) mass is 294 g/mol. The highest BCUT2D eigenvalue weighted by atomic mass is 16.5. The number of ether oxygens (including phenoxy) is 1. The number of carbonyl (C=O) groups excluding carboxylic acids is 1. The lowest BCUT2D eigenvalue weighted by Crippen LogP contribution is -2.50. The van der Waals surface area contributed by atoms with Crippen molar-refractivity contribution < 1.29 is 14.6 Å². The summed E-state index contributed by atoms with van der Waals surface area (Å²) in [4.78, 5) is 13.2. The predicted molar refractivity (Wildman–Crippen MR) is 86.5 cm³/mol. The second-order valence-electron chi connectivity index (χ2n) is 4.86. The van der Waals surface area contributed by atoms with Crippen molar-refractivity contribution in [1.29, 1.82) is 0 Å². The lowest BCUT2D eigenvalue weighted by atomic mass is 9.69. The van der Waals surface area contributed by atoms with Crippen LogP contribution in [0.4, 0.5) is 5.69 Å². The molecule has 0 spiro atoms. The summed E-state index contributed by atoms with van der Waals surface area (Å²) in [7, 11) is -0.852. The van der Waals surface area contributed by atoms with E-state index < -0.39 is 7.05 Å². The van der Waals surface area contributed by atoms with Crippen molar-refractivity contribution in [3.05, 3.63) is 59.7 Å². The minimum atomic E-state index is -0.852. The second-order valence-corrected chi connectivity index (χ2v) is 4.86. The van der Waals surface area contributed by atoms with Crippen LogP contribution in [-0.4, -0.2) is 30.9 Å². The van der Waals surface area contributed by atoms with Gasteiger partial charge in [0.1, 0.15) is 0 Å². The lowest BCUT2D eigenvalue weighted by molar-refractivity contribution is 0.0526. The zero-order valence-corrected chi connectivity index (χ0v) is 12.1. The van der Waals surface area contributed by atoms with Crippen LogP contribution < -0.4 is 10.4 Å². The molecule has 0 bridgehead atoms. The van der Waals surface area contributed by atoms with Gasteiger partial charge in [-0.15, -0.1) is 0 Å². The Hall–Kier alpha value is -2.60. The van der Waals surface area contributed by atoms with Gasteiger partial charge in [0.25, 0.3) is 0 Å². The van der Waals surface area contributed by atoms with Crippen LogP contribution in [0.5, 0.6) is 0 Å². The Kier molecular flexibility index (Phi) is 3.93. The van der Waals surface area contributed by atoms with Gasteiger partial charge in [-0.25, -0.2) is 4.79 Å². The minimum Gasteiger partial charge on any atom is -0.462 e. The number of fused-ring (bicyclic) bond motifs is 1. The van der Waals surface area contributed by atoms with Crippen molar-refractivity contribution in [2.75, 3.05) is 11.5 Å². The number of rotatable bonds is 3. The summed E-state index contributed by atoms with van der Waals surface area (Å²) in [5.41, 5.74) is 2.87. The van der Waals surface area contributed by atoms with E-state index in [1.807, 2.05) is 24.3 Å². The van der Waals surface area contributed by atoms with E-state index in [9.17, 15) is 9.82 Å². The van der Waals surface area contributed by atoms with E-state index in [-0.39, 0.29) is 5.97 Å². The molecule has 110 valence electrons.